The predicted molar refractivity (Wildman–Crippen MR) is 59.7 cm³/mol. The molecule has 0 aliphatic carbocycles. The van der Waals surface area contributed by atoms with Gasteiger partial charge in [0, 0.05) is 0 Å². The van der Waals surface area contributed by atoms with Crippen LogP contribution in [-0.2, 0) is 4.74 Å². The number of hydrogen-bond acceptors (Lipinski definition) is 4. The third-order valence-corrected chi connectivity index (χ3v) is 1.71. The van der Waals surface area contributed by atoms with Gasteiger partial charge in [0.1, 0.15) is 11.7 Å². The minimum absolute atomic E-state index is 0.644. The first-order valence-corrected chi connectivity index (χ1v) is 4.99. The summed E-state index contributed by atoms with van der Waals surface area (Å²) in [5.41, 5.74) is -0.644. The molecule has 0 aromatic heterocycles. The number of carbonyl (C=O) groups excluding carboxylic acids is 1. The molecule has 0 rings (SSSR count). The molecular weight excluding hydrogens is 210 g/mol. The second kappa shape index (κ2) is 5.73. The second-order valence-corrected chi connectivity index (χ2v) is 4.52. The number of carbonyl (C=O) groups is 1. The van der Waals surface area contributed by atoms with Crippen LogP contribution in [0.15, 0.2) is 0 Å². The molecule has 0 spiro atoms. The summed E-state index contributed by atoms with van der Waals surface area (Å²) in [4.78, 5) is 11.4. The van der Waals surface area contributed by atoms with E-state index in [2.05, 4.69) is 5.32 Å². The van der Waals surface area contributed by atoms with Crippen molar-refractivity contribution >= 4 is 6.09 Å². The Kier molecular flexibility index (Phi) is 5.28. The van der Waals surface area contributed by atoms with E-state index in [4.69, 9.17) is 11.2 Å². The van der Waals surface area contributed by atoms with Crippen molar-refractivity contribution in [1.82, 2.24) is 5.32 Å². The lowest BCUT2D eigenvalue weighted by Crippen LogP contribution is -2.50. The van der Waals surface area contributed by atoms with Crippen LogP contribution in [0.3, 0.4) is 0 Å². The van der Waals surface area contributed by atoms with Crippen molar-refractivity contribution in [2.24, 2.45) is 0 Å². The molecule has 5 heteroatoms. The standard InChI is InChI=1S/C11H19NO4/c1-6-8(14)9(7(2)13)12-10(15)16-11(3,4)5/h1,7-9,13-14H,2-5H3,(H,12,15)/t7-,8+,9+/m1/s1. The van der Waals surface area contributed by atoms with Gasteiger partial charge in [-0.1, -0.05) is 5.92 Å². The van der Waals surface area contributed by atoms with E-state index in [9.17, 15) is 15.0 Å². The van der Waals surface area contributed by atoms with Crippen LogP contribution in [0.2, 0.25) is 0 Å². The molecule has 0 radical (unpaired) electrons. The van der Waals surface area contributed by atoms with Crippen molar-refractivity contribution in [3.63, 3.8) is 0 Å². The van der Waals surface area contributed by atoms with E-state index in [1.165, 1.54) is 6.92 Å². The second-order valence-electron chi connectivity index (χ2n) is 4.52. The maximum atomic E-state index is 11.4. The quantitative estimate of drug-likeness (QED) is 0.606. The first-order valence-electron chi connectivity index (χ1n) is 4.99. The summed E-state index contributed by atoms with van der Waals surface area (Å²) in [6, 6.07) is -0.945. The molecule has 92 valence electrons. The Morgan fingerprint density at radius 2 is 1.94 bits per heavy atom. The first kappa shape index (κ1) is 14.8. The minimum Gasteiger partial charge on any atom is -0.444 e. The molecule has 3 N–H and O–H groups in total. The van der Waals surface area contributed by atoms with Crippen LogP contribution in [-0.4, -0.2) is 40.2 Å². The van der Waals surface area contributed by atoms with Crippen LogP contribution < -0.4 is 5.32 Å². The fourth-order valence-corrected chi connectivity index (χ4v) is 1.01. The summed E-state index contributed by atoms with van der Waals surface area (Å²) in [6.45, 7) is 6.55. The molecule has 3 atom stereocenters. The molecule has 5 nitrogen and oxygen atoms in total. The zero-order chi connectivity index (χ0) is 12.9. The van der Waals surface area contributed by atoms with Gasteiger partial charge in [-0.2, -0.15) is 0 Å². The zero-order valence-electron chi connectivity index (χ0n) is 10.0. The third-order valence-electron chi connectivity index (χ3n) is 1.71. The normalized spacial score (nSPS) is 16.8. The number of aliphatic hydroxyl groups excluding tert-OH is 2. The third kappa shape index (κ3) is 5.59. The van der Waals surface area contributed by atoms with Crippen molar-refractivity contribution < 1.29 is 19.7 Å². The van der Waals surface area contributed by atoms with Gasteiger partial charge in [0.05, 0.1) is 12.1 Å². The molecule has 16 heavy (non-hydrogen) atoms. The molecule has 0 bridgehead atoms. The average Bonchev–Trinajstić information content (AvgIpc) is 2.09. The van der Waals surface area contributed by atoms with Crippen LogP contribution in [0.5, 0.6) is 0 Å². The van der Waals surface area contributed by atoms with Crippen molar-refractivity contribution in [3.8, 4) is 12.3 Å². The summed E-state index contributed by atoms with van der Waals surface area (Å²) in [5.74, 6) is 2.04. The lowest BCUT2D eigenvalue weighted by atomic mass is 10.1. The number of rotatable bonds is 3. The fraction of sp³-hybridized carbons (Fsp3) is 0.727. The molecule has 1 amide bonds. The van der Waals surface area contributed by atoms with Gasteiger partial charge in [-0.3, -0.25) is 0 Å². The van der Waals surface area contributed by atoms with Gasteiger partial charge < -0.3 is 20.3 Å². The van der Waals surface area contributed by atoms with Crippen molar-refractivity contribution in [2.45, 2.75) is 51.5 Å². The van der Waals surface area contributed by atoms with E-state index in [0.717, 1.165) is 0 Å². The molecule has 0 aromatic rings. The minimum atomic E-state index is -1.26. The highest BCUT2D eigenvalue weighted by molar-refractivity contribution is 5.68. The molecule has 0 saturated carbocycles. The summed E-state index contributed by atoms with van der Waals surface area (Å²) >= 11 is 0. The van der Waals surface area contributed by atoms with E-state index in [1.807, 2.05) is 5.92 Å². The average molecular weight is 229 g/mol. The predicted octanol–water partition coefficient (Wildman–Crippen LogP) is 0.255. The smallest absolute Gasteiger partial charge is 0.408 e. The molecule has 0 saturated heterocycles. The van der Waals surface area contributed by atoms with Crippen LogP contribution >= 0.6 is 0 Å². The molecule has 0 aliphatic rings. The largest absolute Gasteiger partial charge is 0.444 e. The maximum absolute atomic E-state index is 11.4. The molecule has 0 heterocycles. The van der Waals surface area contributed by atoms with Crippen LogP contribution in [0.4, 0.5) is 4.79 Å². The molecule has 0 unspecified atom stereocenters. The van der Waals surface area contributed by atoms with E-state index >= 15 is 0 Å². The van der Waals surface area contributed by atoms with E-state index in [-0.39, 0.29) is 0 Å². The van der Waals surface area contributed by atoms with Crippen LogP contribution in [0.25, 0.3) is 0 Å². The number of aliphatic hydroxyl groups is 2. The highest BCUT2D eigenvalue weighted by atomic mass is 16.6. The monoisotopic (exact) mass is 229 g/mol. The highest BCUT2D eigenvalue weighted by Gasteiger charge is 2.26. The lowest BCUT2D eigenvalue weighted by Gasteiger charge is -2.26. The van der Waals surface area contributed by atoms with Gasteiger partial charge in [0.25, 0.3) is 0 Å². The van der Waals surface area contributed by atoms with Gasteiger partial charge in [-0.05, 0) is 27.7 Å². The van der Waals surface area contributed by atoms with Crippen LogP contribution in [0, 0.1) is 12.3 Å². The fourth-order valence-electron chi connectivity index (χ4n) is 1.01. The number of nitrogens with one attached hydrogen (secondary N) is 1. The highest BCUT2D eigenvalue weighted by Crippen LogP contribution is 2.08. The Hall–Kier alpha value is -1.25. The molecule has 0 aliphatic heterocycles. The van der Waals surface area contributed by atoms with E-state index in [1.54, 1.807) is 20.8 Å². The van der Waals surface area contributed by atoms with Gasteiger partial charge in [0.15, 0.2) is 0 Å². The summed E-state index contributed by atoms with van der Waals surface area (Å²) in [5, 5.41) is 21.0. The van der Waals surface area contributed by atoms with Gasteiger partial charge in [-0.25, -0.2) is 4.79 Å². The summed E-state index contributed by atoms with van der Waals surface area (Å²) < 4.78 is 4.97. The Labute approximate surface area is 95.8 Å². The van der Waals surface area contributed by atoms with Gasteiger partial charge in [-0.15, -0.1) is 6.42 Å². The topological polar surface area (TPSA) is 78.8 Å². The molecular formula is C11H19NO4. The Balaban J connectivity index is 4.43. The number of ether oxygens (including phenoxy) is 1. The lowest BCUT2D eigenvalue weighted by molar-refractivity contribution is 0.0305. The maximum Gasteiger partial charge on any atom is 0.408 e. The SMILES string of the molecule is C#C[C@H](O)[C@@H](NC(=O)OC(C)(C)C)[C@@H](C)O. The first-order chi connectivity index (χ1) is 7.17. The van der Waals surface area contributed by atoms with Crippen molar-refractivity contribution in [3.05, 3.63) is 0 Å². The number of amides is 1. The number of alkyl carbamates (subject to hydrolysis) is 1. The van der Waals surface area contributed by atoms with Gasteiger partial charge in [0.2, 0.25) is 0 Å². The van der Waals surface area contributed by atoms with Crippen molar-refractivity contribution in [2.75, 3.05) is 0 Å². The number of hydrogen-bond donors (Lipinski definition) is 3. The Morgan fingerprint density at radius 3 is 2.25 bits per heavy atom. The zero-order valence-corrected chi connectivity index (χ0v) is 10.0. The number of terminal acetylenes is 1. The van der Waals surface area contributed by atoms with Crippen molar-refractivity contribution in [1.29, 1.82) is 0 Å². The molecule has 0 fully saturated rings. The van der Waals surface area contributed by atoms with Gasteiger partial charge >= 0.3 is 6.09 Å². The van der Waals surface area contributed by atoms with Crippen LogP contribution in [0.1, 0.15) is 27.7 Å². The van der Waals surface area contributed by atoms with E-state index in [0.29, 0.717) is 0 Å². The Bertz CT molecular complexity index is 275. The summed E-state index contributed by atoms with van der Waals surface area (Å²) in [6.07, 6.45) is 2.05. The summed E-state index contributed by atoms with van der Waals surface area (Å²) in [7, 11) is 0. The Morgan fingerprint density at radius 1 is 1.44 bits per heavy atom. The van der Waals surface area contributed by atoms with E-state index < -0.39 is 29.9 Å². The molecule has 0 aromatic carbocycles.